The second-order valence-electron chi connectivity index (χ2n) is 4.99. The van der Waals surface area contributed by atoms with E-state index in [0.717, 1.165) is 30.8 Å². The van der Waals surface area contributed by atoms with E-state index in [4.69, 9.17) is 0 Å². The van der Waals surface area contributed by atoms with Crippen molar-refractivity contribution in [3.8, 4) is 5.69 Å². The van der Waals surface area contributed by atoms with Crippen LogP contribution in [0.3, 0.4) is 0 Å². The predicted octanol–water partition coefficient (Wildman–Crippen LogP) is 1.87. The number of nitrogens with one attached hydrogen (secondary N) is 1. The average Bonchev–Trinajstić information content (AvgIpc) is 3.04. The molecule has 0 fully saturated rings. The summed E-state index contributed by atoms with van der Waals surface area (Å²) >= 11 is 0. The van der Waals surface area contributed by atoms with E-state index < -0.39 is 0 Å². The Bertz CT molecular complexity index is 514. The third kappa shape index (κ3) is 2.96. The quantitative estimate of drug-likeness (QED) is 0.807. The lowest BCUT2D eigenvalue weighted by molar-refractivity contribution is 0.127. The molecule has 2 rings (SSSR count). The van der Waals surface area contributed by atoms with Crippen molar-refractivity contribution in [2.75, 3.05) is 18.5 Å². The van der Waals surface area contributed by atoms with Gasteiger partial charge in [0.05, 0.1) is 18.0 Å². The van der Waals surface area contributed by atoms with Crippen LogP contribution in [-0.2, 0) is 0 Å². The Hall–Kier alpha value is -1.95. The Morgan fingerprint density at radius 1 is 1.25 bits per heavy atom. The van der Waals surface area contributed by atoms with Crippen LogP contribution in [-0.4, -0.2) is 38.5 Å². The van der Waals surface area contributed by atoms with Crippen molar-refractivity contribution < 1.29 is 5.11 Å². The van der Waals surface area contributed by atoms with Gasteiger partial charge in [0.1, 0.15) is 6.33 Å². The van der Waals surface area contributed by atoms with E-state index in [9.17, 15) is 5.11 Å². The number of aliphatic hydroxyl groups is 1. The zero-order chi connectivity index (χ0) is 14.4. The van der Waals surface area contributed by atoms with E-state index in [0.29, 0.717) is 0 Å². The van der Waals surface area contributed by atoms with Gasteiger partial charge in [-0.2, -0.15) is 4.68 Å². The van der Waals surface area contributed by atoms with Gasteiger partial charge in [0.15, 0.2) is 0 Å². The van der Waals surface area contributed by atoms with Gasteiger partial charge >= 0.3 is 0 Å². The highest BCUT2D eigenvalue weighted by Crippen LogP contribution is 2.27. The molecule has 2 N–H and O–H groups in total. The molecular formula is C14H21N5O. The standard InChI is InChI=1S/C14H21N5O/c1-3-14(4-2,10-20)9-15-12-7-5-6-8-13(12)19-11-16-17-18-19/h5-8,11,15,20H,3-4,9-10H2,1-2H3. The molecule has 0 aliphatic carbocycles. The summed E-state index contributed by atoms with van der Waals surface area (Å²) in [5.74, 6) is 0. The molecule has 6 heteroatoms. The Morgan fingerprint density at radius 2 is 2.00 bits per heavy atom. The number of aromatic nitrogens is 4. The van der Waals surface area contributed by atoms with E-state index in [1.54, 1.807) is 11.0 Å². The maximum absolute atomic E-state index is 9.63. The first-order chi connectivity index (χ1) is 9.74. The van der Waals surface area contributed by atoms with Gasteiger partial charge in [-0.15, -0.1) is 5.10 Å². The fraction of sp³-hybridized carbons (Fsp3) is 0.500. The van der Waals surface area contributed by atoms with Gasteiger partial charge < -0.3 is 10.4 Å². The molecule has 1 aromatic carbocycles. The summed E-state index contributed by atoms with van der Waals surface area (Å²) in [4.78, 5) is 0. The molecule has 2 aromatic rings. The molecule has 0 aliphatic rings. The van der Waals surface area contributed by atoms with E-state index in [2.05, 4.69) is 34.7 Å². The van der Waals surface area contributed by atoms with Crippen LogP contribution in [0.4, 0.5) is 5.69 Å². The van der Waals surface area contributed by atoms with Crippen molar-refractivity contribution in [2.24, 2.45) is 5.41 Å². The van der Waals surface area contributed by atoms with Gasteiger partial charge in [0.25, 0.3) is 0 Å². The van der Waals surface area contributed by atoms with Gasteiger partial charge in [-0.25, -0.2) is 0 Å². The molecule has 0 unspecified atom stereocenters. The van der Waals surface area contributed by atoms with Gasteiger partial charge in [-0.05, 0) is 35.4 Å². The smallest absolute Gasteiger partial charge is 0.143 e. The van der Waals surface area contributed by atoms with Crippen molar-refractivity contribution in [3.05, 3.63) is 30.6 Å². The number of benzene rings is 1. The number of nitrogens with zero attached hydrogens (tertiary/aromatic N) is 4. The summed E-state index contributed by atoms with van der Waals surface area (Å²) < 4.78 is 1.63. The number of hydrogen-bond donors (Lipinski definition) is 2. The maximum atomic E-state index is 9.63. The number of hydrogen-bond acceptors (Lipinski definition) is 5. The number of tetrazole rings is 1. The first kappa shape index (κ1) is 14.5. The lowest BCUT2D eigenvalue weighted by Crippen LogP contribution is -2.32. The molecule has 0 atom stereocenters. The largest absolute Gasteiger partial charge is 0.396 e. The summed E-state index contributed by atoms with van der Waals surface area (Å²) in [7, 11) is 0. The first-order valence-electron chi connectivity index (χ1n) is 6.92. The normalized spacial score (nSPS) is 11.6. The minimum absolute atomic E-state index is 0.0896. The summed E-state index contributed by atoms with van der Waals surface area (Å²) in [5, 5.41) is 24.3. The van der Waals surface area contributed by atoms with E-state index >= 15 is 0 Å². The molecule has 0 spiro atoms. The Morgan fingerprint density at radius 3 is 2.60 bits per heavy atom. The lowest BCUT2D eigenvalue weighted by Gasteiger charge is -2.30. The number of anilines is 1. The molecule has 1 heterocycles. The van der Waals surface area contributed by atoms with Gasteiger partial charge in [0, 0.05) is 12.0 Å². The number of aliphatic hydroxyl groups excluding tert-OH is 1. The molecule has 0 saturated heterocycles. The van der Waals surface area contributed by atoms with Crippen LogP contribution < -0.4 is 5.32 Å². The van der Waals surface area contributed by atoms with Crippen molar-refractivity contribution in [3.63, 3.8) is 0 Å². The van der Waals surface area contributed by atoms with Crippen LogP contribution in [0.1, 0.15) is 26.7 Å². The fourth-order valence-corrected chi connectivity index (χ4v) is 2.16. The molecule has 0 amide bonds. The molecule has 0 aliphatic heterocycles. The monoisotopic (exact) mass is 275 g/mol. The average molecular weight is 275 g/mol. The van der Waals surface area contributed by atoms with Gasteiger partial charge in [-0.3, -0.25) is 0 Å². The zero-order valence-corrected chi connectivity index (χ0v) is 12.0. The SMILES string of the molecule is CCC(CC)(CO)CNc1ccccc1-n1cnnn1. The van der Waals surface area contributed by atoms with Crippen molar-refractivity contribution in [2.45, 2.75) is 26.7 Å². The molecule has 20 heavy (non-hydrogen) atoms. The van der Waals surface area contributed by atoms with Crippen LogP contribution in [0.5, 0.6) is 0 Å². The molecule has 108 valence electrons. The van der Waals surface area contributed by atoms with E-state index in [1.807, 2.05) is 24.3 Å². The molecular weight excluding hydrogens is 254 g/mol. The molecule has 1 aromatic heterocycles. The number of para-hydroxylation sites is 2. The number of rotatable bonds is 7. The predicted molar refractivity (Wildman–Crippen MR) is 77.7 cm³/mol. The molecule has 0 saturated carbocycles. The fourth-order valence-electron chi connectivity index (χ4n) is 2.16. The van der Waals surface area contributed by atoms with Crippen LogP contribution in [0.15, 0.2) is 30.6 Å². The van der Waals surface area contributed by atoms with Crippen LogP contribution in [0.25, 0.3) is 5.69 Å². The summed E-state index contributed by atoms with van der Waals surface area (Å²) in [6.07, 6.45) is 3.43. The molecule has 6 nitrogen and oxygen atoms in total. The summed E-state index contributed by atoms with van der Waals surface area (Å²) in [6.45, 7) is 5.11. The Kier molecular flexibility index (Phi) is 4.68. The minimum Gasteiger partial charge on any atom is -0.396 e. The second-order valence-corrected chi connectivity index (χ2v) is 4.99. The highest BCUT2D eigenvalue weighted by Gasteiger charge is 2.25. The molecule has 0 radical (unpaired) electrons. The van der Waals surface area contributed by atoms with Crippen molar-refractivity contribution in [1.29, 1.82) is 0 Å². The first-order valence-corrected chi connectivity index (χ1v) is 6.92. The summed E-state index contributed by atoms with van der Waals surface area (Å²) in [5.41, 5.74) is 1.77. The third-order valence-corrected chi connectivity index (χ3v) is 3.99. The van der Waals surface area contributed by atoms with Gasteiger partial charge in [0.2, 0.25) is 0 Å². The zero-order valence-electron chi connectivity index (χ0n) is 12.0. The highest BCUT2D eigenvalue weighted by molar-refractivity contribution is 5.60. The maximum Gasteiger partial charge on any atom is 0.143 e. The van der Waals surface area contributed by atoms with Crippen molar-refractivity contribution in [1.82, 2.24) is 20.2 Å². The van der Waals surface area contributed by atoms with Crippen LogP contribution >= 0.6 is 0 Å². The second kappa shape index (κ2) is 6.47. The third-order valence-electron chi connectivity index (χ3n) is 3.99. The highest BCUT2D eigenvalue weighted by atomic mass is 16.3. The Balaban J connectivity index is 2.18. The molecule has 0 bridgehead atoms. The Labute approximate surface area is 118 Å². The van der Waals surface area contributed by atoms with Crippen molar-refractivity contribution >= 4 is 5.69 Å². The van der Waals surface area contributed by atoms with Crippen LogP contribution in [0.2, 0.25) is 0 Å². The topological polar surface area (TPSA) is 75.9 Å². The minimum atomic E-state index is -0.0896. The van der Waals surface area contributed by atoms with E-state index in [1.165, 1.54) is 0 Å². The lowest BCUT2D eigenvalue weighted by atomic mass is 9.83. The van der Waals surface area contributed by atoms with E-state index in [-0.39, 0.29) is 12.0 Å². The van der Waals surface area contributed by atoms with Crippen LogP contribution in [0, 0.1) is 5.41 Å². The van der Waals surface area contributed by atoms with Gasteiger partial charge in [-0.1, -0.05) is 26.0 Å². The summed E-state index contributed by atoms with van der Waals surface area (Å²) in [6, 6.07) is 7.86.